The molecule has 1 aromatic carbocycles. The Hall–Kier alpha value is -2.32. The first-order valence-electron chi connectivity index (χ1n) is 6.45. The van der Waals surface area contributed by atoms with Gasteiger partial charge in [-0.3, -0.25) is 0 Å². The fourth-order valence-corrected chi connectivity index (χ4v) is 2.42. The Morgan fingerprint density at radius 3 is 2.62 bits per heavy atom. The lowest BCUT2D eigenvalue weighted by atomic mass is 10.0. The van der Waals surface area contributed by atoms with E-state index in [0.717, 1.165) is 33.4 Å². The highest BCUT2D eigenvalue weighted by atomic mass is 32.2. The number of benzene rings is 1. The molecule has 5 heteroatoms. The molecule has 0 saturated carbocycles. The molecule has 2 aromatic rings. The smallest absolute Gasteiger partial charge is 0.189 e. The van der Waals surface area contributed by atoms with Crippen LogP contribution in [0.1, 0.15) is 16.7 Å². The SMILES string of the molecule is CSc1nccc(Nc2c(C)cc(/C=C/C#N)cc2C)n1. The van der Waals surface area contributed by atoms with Gasteiger partial charge >= 0.3 is 0 Å². The summed E-state index contributed by atoms with van der Waals surface area (Å²) in [5.74, 6) is 0.779. The summed E-state index contributed by atoms with van der Waals surface area (Å²) >= 11 is 1.51. The molecular formula is C16H16N4S. The van der Waals surface area contributed by atoms with Gasteiger partial charge in [0.05, 0.1) is 6.07 Å². The molecule has 0 bridgehead atoms. The van der Waals surface area contributed by atoms with Gasteiger partial charge in [-0.25, -0.2) is 9.97 Å². The molecule has 0 radical (unpaired) electrons. The molecule has 0 atom stereocenters. The summed E-state index contributed by atoms with van der Waals surface area (Å²) in [4.78, 5) is 8.59. The largest absolute Gasteiger partial charge is 0.340 e. The van der Waals surface area contributed by atoms with Crippen LogP contribution in [-0.2, 0) is 0 Å². The van der Waals surface area contributed by atoms with Gasteiger partial charge in [0.1, 0.15) is 5.82 Å². The highest BCUT2D eigenvalue weighted by molar-refractivity contribution is 7.98. The van der Waals surface area contributed by atoms with Crippen molar-refractivity contribution in [3.05, 3.63) is 47.2 Å². The summed E-state index contributed by atoms with van der Waals surface area (Å²) in [6.45, 7) is 4.07. The molecule has 0 spiro atoms. The van der Waals surface area contributed by atoms with Crippen LogP contribution in [0.3, 0.4) is 0 Å². The van der Waals surface area contributed by atoms with Crippen molar-refractivity contribution in [2.75, 3.05) is 11.6 Å². The van der Waals surface area contributed by atoms with Gasteiger partial charge in [0.2, 0.25) is 0 Å². The first kappa shape index (κ1) is 15.1. The number of hydrogen-bond acceptors (Lipinski definition) is 5. The highest BCUT2D eigenvalue weighted by Gasteiger charge is 2.06. The molecule has 2 rings (SSSR count). The van der Waals surface area contributed by atoms with E-state index >= 15 is 0 Å². The third-order valence-electron chi connectivity index (χ3n) is 2.97. The number of rotatable bonds is 4. The Balaban J connectivity index is 2.32. The van der Waals surface area contributed by atoms with Crippen LogP contribution in [0.25, 0.3) is 6.08 Å². The maximum absolute atomic E-state index is 8.60. The molecular weight excluding hydrogens is 280 g/mol. The second-order valence-corrected chi connectivity index (χ2v) is 5.32. The predicted octanol–water partition coefficient (Wildman–Crippen LogP) is 4.10. The minimum atomic E-state index is 0.740. The third-order valence-corrected chi connectivity index (χ3v) is 3.54. The number of thioether (sulfide) groups is 1. The standard InChI is InChI=1S/C16H16N4S/c1-11-9-13(5-4-7-17)10-12(2)15(11)19-14-6-8-18-16(20-14)21-3/h4-6,8-10H,1-3H3,(H,18,19,20)/b5-4+. The minimum absolute atomic E-state index is 0.740. The van der Waals surface area contributed by atoms with Crippen LogP contribution in [0.4, 0.5) is 11.5 Å². The Morgan fingerprint density at radius 2 is 2.00 bits per heavy atom. The number of nitriles is 1. The lowest BCUT2D eigenvalue weighted by molar-refractivity contribution is 0.975. The summed E-state index contributed by atoms with van der Waals surface area (Å²) in [5.41, 5.74) is 4.27. The van der Waals surface area contributed by atoms with Gasteiger partial charge in [0.15, 0.2) is 5.16 Å². The Kier molecular flexibility index (Phi) is 4.96. The fraction of sp³-hybridized carbons (Fsp3) is 0.188. The van der Waals surface area contributed by atoms with E-state index in [2.05, 4.69) is 15.3 Å². The predicted molar refractivity (Wildman–Crippen MR) is 87.7 cm³/mol. The number of nitrogens with zero attached hydrogens (tertiary/aromatic N) is 3. The van der Waals surface area contributed by atoms with Gasteiger partial charge in [-0.15, -0.1) is 0 Å². The molecule has 0 fully saturated rings. The molecule has 21 heavy (non-hydrogen) atoms. The average Bonchev–Trinajstić information content (AvgIpc) is 2.49. The first-order chi connectivity index (χ1) is 10.1. The van der Waals surface area contributed by atoms with Crippen molar-refractivity contribution in [3.8, 4) is 6.07 Å². The average molecular weight is 296 g/mol. The topological polar surface area (TPSA) is 61.6 Å². The van der Waals surface area contributed by atoms with Gasteiger partial charge in [-0.2, -0.15) is 5.26 Å². The molecule has 0 aliphatic rings. The van der Waals surface area contributed by atoms with Crippen LogP contribution in [0.5, 0.6) is 0 Å². The van der Waals surface area contributed by atoms with E-state index in [9.17, 15) is 0 Å². The second-order valence-electron chi connectivity index (χ2n) is 4.55. The lowest BCUT2D eigenvalue weighted by Gasteiger charge is -2.13. The van der Waals surface area contributed by atoms with Crippen molar-refractivity contribution in [1.82, 2.24) is 9.97 Å². The van der Waals surface area contributed by atoms with E-state index in [0.29, 0.717) is 0 Å². The molecule has 0 aliphatic carbocycles. The molecule has 0 aliphatic heterocycles. The van der Waals surface area contributed by atoms with Crippen LogP contribution >= 0.6 is 11.8 Å². The number of aryl methyl sites for hydroxylation is 2. The number of anilines is 2. The van der Waals surface area contributed by atoms with E-state index in [1.54, 1.807) is 12.3 Å². The molecule has 0 saturated heterocycles. The molecule has 1 N–H and O–H groups in total. The Labute approximate surface area is 128 Å². The van der Waals surface area contributed by atoms with Gasteiger partial charge < -0.3 is 5.32 Å². The van der Waals surface area contributed by atoms with E-state index in [4.69, 9.17) is 5.26 Å². The van der Waals surface area contributed by atoms with Crippen LogP contribution in [0, 0.1) is 25.2 Å². The van der Waals surface area contributed by atoms with Gasteiger partial charge in [0.25, 0.3) is 0 Å². The summed E-state index contributed by atoms with van der Waals surface area (Å²) < 4.78 is 0. The number of allylic oxidation sites excluding steroid dienone is 1. The molecule has 4 nitrogen and oxygen atoms in total. The fourth-order valence-electron chi connectivity index (χ4n) is 2.06. The first-order valence-corrected chi connectivity index (χ1v) is 7.68. The van der Waals surface area contributed by atoms with Crippen molar-refractivity contribution < 1.29 is 0 Å². The third kappa shape index (κ3) is 3.83. The summed E-state index contributed by atoms with van der Waals surface area (Å²) in [7, 11) is 0. The summed E-state index contributed by atoms with van der Waals surface area (Å²) in [6, 6.07) is 7.94. The normalized spacial score (nSPS) is 10.6. The van der Waals surface area contributed by atoms with Crippen LogP contribution in [-0.4, -0.2) is 16.2 Å². The zero-order chi connectivity index (χ0) is 15.2. The van der Waals surface area contributed by atoms with Gasteiger partial charge in [0, 0.05) is 18.0 Å². The minimum Gasteiger partial charge on any atom is -0.340 e. The molecule has 1 heterocycles. The van der Waals surface area contributed by atoms with Crippen molar-refractivity contribution >= 4 is 29.3 Å². The van der Waals surface area contributed by atoms with E-state index in [-0.39, 0.29) is 0 Å². The molecule has 0 unspecified atom stereocenters. The monoisotopic (exact) mass is 296 g/mol. The van der Waals surface area contributed by atoms with Crippen LogP contribution in [0.2, 0.25) is 0 Å². The van der Waals surface area contributed by atoms with E-state index in [1.807, 2.05) is 44.4 Å². The number of aromatic nitrogens is 2. The maximum Gasteiger partial charge on any atom is 0.189 e. The lowest BCUT2D eigenvalue weighted by Crippen LogP contribution is -2.00. The summed E-state index contributed by atoms with van der Waals surface area (Å²) in [6.07, 6.45) is 6.98. The van der Waals surface area contributed by atoms with Crippen LogP contribution in [0.15, 0.2) is 35.6 Å². The number of hydrogen-bond donors (Lipinski definition) is 1. The Morgan fingerprint density at radius 1 is 1.29 bits per heavy atom. The van der Waals surface area contributed by atoms with Crippen LogP contribution < -0.4 is 5.32 Å². The number of nitrogens with one attached hydrogen (secondary N) is 1. The van der Waals surface area contributed by atoms with Crippen molar-refractivity contribution in [1.29, 1.82) is 5.26 Å². The molecule has 1 aromatic heterocycles. The molecule has 106 valence electrons. The van der Waals surface area contributed by atoms with Gasteiger partial charge in [-0.1, -0.05) is 11.8 Å². The Bertz CT molecular complexity index is 693. The van der Waals surface area contributed by atoms with Crippen molar-refractivity contribution in [2.24, 2.45) is 0 Å². The maximum atomic E-state index is 8.60. The molecule has 0 amide bonds. The van der Waals surface area contributed by atoms with Crippen molar-refractivity contribution in [3.63, 3.8) is 0 Å². The van der Waals surface area contributed by atoms with Crippen molar-refractivity contribution in [2.45, 2.75) is 19.0 Å². The quantitative estimate of drug-likeness (QED) is 0.523. The van der Waals surface area contributed by atoms with E-state index in [1.165, 1.54) is 17.8 Å². The summed E-state index contributed by atoms with van der Waals surface area (Å²) in [5, 5.41) is 12.7. The second kappa shape index (κ2) is 6.91. The zero-order valence-electron chi connectivity index (χ0n) is 12.2. The van der Waals surface area contributed by atoms with E-state index < -0.39 is 0 Å². The van der Waals surface area contributed by atoms with Gasteiger partial charge in [-0.05, 0) is 61.1 Å². The zero-order valence-corrected chi connectivity index (χ0v) is 13.0. The highest BCUT2D eigenvalue weighted by Crippen LogP contribution is 2.26.